The normalized spacial score (nSPS) is 13.7. The summed E-state index contributed by atoms with van der Waals surface area (Å²) < 4.78 is 26.6. The Kier molecular flexibility index (Phi) is 6.68. The second-order valence-corrected chi connectivity index (χ2v) is 8.03. The highest BCUT2D eigenvalue weighted by molar-refractivity contribution is 7.89. The van der Waals surface area contributed by atoms with Crippen LogP contribution in [0, 0.1) is 5.92 Å². The molecule has 1 rings (SSSR count). The molecule has 0 aliphatic heterocycles. The summed E-state index contributed by atoms with van der Waals surface area (Å²) in [6.07, 6.45) is 2.28. The molecule has 5 heteroatoms. The van der Waals surface area contributed by atoms with Gasteiger partial charge in [0.25, 0.3) is 0 Å². The molecule has 0 saturated heterocycles. The Morgan fingerprint density at radius 2 is 1.52 bits per heavy atom. The van der Waals surface area contributed by atoms with Crippen molar-refractivity contribution in [2.45, 2.75) is 64.4 Å². The van der Waals surface area contributed by atoms with Gasteiger partial charge in [-0.25, -0.2) is 13.1 Å². The third-order valence-corrected chi connectivity index (χ3v) is 4.82. The van der Waals surface area contributed by atoms with E-state index in [2.05, 4.69) is 30.8 Å². The average Bonchev–Trinajstić information content (AvgIpc) is 2.35. The molecule has 0 spiro atoms. The van der Waals surface area contributed by atoms with Gasteiger partial charge in [-0.1, -0.05) is 13.8 Å². The highest BCUT2D eigenvalue weighted by Gasteiger charge is 2.15. The van der Waals surface area contributed by atoms with Crippen LogP contribution in [0.3, 0.4) is 0 Å². The monoisotopic (exact) mass is 312 g/mol. The van der Waals surface area contributed by atoms with Crippen molar-refractivity contribution in [1.82, 2.24) is 4.72 Å². The van der Waals surface area contributed by atoms with Crippen LogP contribution >= 0.6 is 0 Å². The van der Waals surface area contributed by atoms with Gasteiger partial charge in [0, 0.05) is 17.8 Å². The Labute approximate surface area is 129 Å². The zero-order valence-electron chi connectivity index (χ0n) is 13.7. The van der Waals surface area contributed by atoms with Gasteiger partial charge in [0.05, 0.1) is 4.90 Å². The van der Waals surface area contributed by atoms with Crippen LogP contribution in [-0.2, 0) is 10.0 Å². The fourth-order valence-electron chi connectivity index (χ4n) is 2.05. The van der Waals surface area contributed by atoms with E-state index in [0.29, 0.717) is 16.9 Å². The molecule has 0 aromatic heterocycles. The number of sulfonamides is 1. The van der Waals surface area contributed by atoms with Crippen molar-refractivity contribution < 1.29 is 8.42 Å². The molecule has 1 aromatic carbocycles. The quantitative estimate of drug-likeness (QED) is 0.771. The number of nitrogens with one attached hydrogen (secondary N) is 2. The summed E-state index contributed by atoms with van der Waals surface area (Å²) in [6, 6.07) is 7.19. The maximum absolute atomic E-state index is 12.0. The van der Waals surface area contributed by atoms with Crippen LogP contribution < -0.4 is 10.0 Å². The topological polar surface area (TPSA) is 58.2 Å². The molecule has 1 atom stereocenters. The van der Waals surface area contributed by atoms with E-state index in [1.54, 1.807) is 12.1 Å². The number of hydrogen-bond acceptors (Lipinski definition) is 3. The van der Waals surface area contributed by atoms with Crippen LogP contribution in [0.25, 0.3) is 0 Å². The predicted octanol–water partition coefficient (Wildman–Crippen LogP) is 3.61. The van der Waals surface area contributed by atoms with Gasteiger partial charge < -0.3 is 5.32 Å². The van der Waals surface area contributed by atoms with E-state index in [0.717, 1.165) is 12.1 Å². The second-order valence-electron chi connectivity index (χ2n) is 6.32. The van der Waals surface area contributed by atoms with Crippen molar-refractivity contribution >= 4 is 15.7 Å². The fraction of sp³-hybridized carbons (Fsp3) is 0.625. The lowest BCUT2D eigenvalue weighted by atomic mass is 10.0. The van der Waals surface area contributed by atoms with E-state index in [4.69, 9.17) is 0 Å². The smallest absolute Gasteiger partial charge is 0.240 e. The number of hydrogen-bond donors (Lipinski definition) is 2. The Hall–Kier alpha value is -1.07. The highest BCUT2D eigenvalue weighted by atomic mass is 32.2. The number of anilines is 1. The molecule has 0 aliphatic rings. The molecule has 4 nitrogen and oxygen atoms in total. The van der Waals surface area contributed by atoms with Crippen molar-refractivity contribution in [1.29, 1.82) is 0 Å². The molecular formula is C16H28N2O2S. The van der Waals surface area contributed by atoms with E-state index in [9.17, 15) is 8.42 Å². The summed E-state index contributed by atoms with van der Waals surface area (Å²) >= 11 is 0. The zero-order valence-corrected chi connectivity index (χ0v) is 14.5. The van der Waals surface area contributed by atoms with Crippen molar-refractivity contribution in [2.75, 3.05) is 5.32 Å². The molecule has 120 valence electrons. The predicted molar refractivity (Wildman–Crippen MR) is 89.1 cm³/mol. The highest BCUT2D eigenvalue weighted by Crippen LogP contribution is 2.17. The van der Waals surface area contributed by atoms with Gasteiger partial charge in [0.1, 0.15) is 0 Å². The maximum atomic E-state index is 12.0. The summed E-state index contributed by atoms with van der Waals surface area (Å²) in [5.41, 5.74) is 0.953. The van der Waals surface area contributed by atoms with Crippen LogP contribution in [0.5, 0.6) is 0 Å². The van der Waals surface area contributed by atoms with Gasteiger partial charge in [-0.3, -0.25) is 0 Å². The molecule has 0 radical (unpaired) electrons. The largest absolute Gasteiger partial charge is 0.383 e. The van der Waals surface area contributed by atoms with Crippen LogP contribution in [0.2, 0.25) is 0 Å². The average molecular weight is 312 g/mol. The van der Waals surface area contributed by atoms with Crippen LogP contribution in [-0.4, -0.2) is 20.5 Å². The maximum Gasteiger partial charge on any atom is 0.240 e. The molecule has 0 saturated carbocycles. The Morgan fingerprint density at radius 1 is 0.952 bits per heavy atom. The number of benzene rings is 1. The Bertz CT molecular complexity index is 522. The third kappa shape index (κ3) is 6.48. The van der Waals surface area contributed by atoms with E-state index in [1.165, 1.54) is 6.42 Å². The summed E-state index contributed by atoms with van der Waals surface area (Å²) in [5.74, 6) is 0.698. The first-order valence-corrected chi connectivity index (χ1v) is 9.08. The van der Waals surface area contributed by atoms with Gasteiger partial charge in [-0.15, -0.1) is 0 Å². The van der Waals surface area contributed by atoms with Crippen molar-refractivity contribution in [3.63, 3.8) is 0 Å². The summed E-state index contributed by atoms with van der Waals surface area (Å²) in [7, 11) is -3.40. The molecule has 1 unspecified atom stereocenters. The molecule has 21 heavy (non-hydrogen) atoms. The van der Waals surface area contributed by atoms with Gasteiger partial charge in [-0.05, 0) is 63.8 Å². The van der Waals surface area contributed by atoms with Crippen molar-refractivity contribution in [2.24, 2.45) is 5.92 Å². The lowest BCUT2D eigenvalue weighted by Crippen LogP contribution is -2.30. The molecule has 1 aromatic rings. The summed E-state index contributed by atoms with van der Waals surface area (Å²) in [6.45, 7) is 10.2. The van der Waals surface area contributed by atoms with Gasteiger partial charge in [-0.2, -0.15) is 0 Å². The molecule has 0 amide bonds. The molecule has 0 aliphatic carbocycles. The minimum absolute atomic E-state index is 0.108. The number of rotatable bonds is 8. The van der Waals surface area contributed by atoms with Crippen LogP contribution in [0.4, 0.5) is 5.69 Å². The first-order valence-electron chi connectivity index (χ1n) is 7.59. The molecular weight excluding hydrogens is 284 g/mol. The fourth-order valence-corrected chi connectivity index (χ4v) is 3.30. The SMILES string of the molecule is CC(C)CCC(C)Nc1ccc(S(=O)(=O)NC(C)C)cc1. The molecule has 0 bridgehead atoms. The van der Waals surface area contributed by atoms with Crippen molar-refractivity contribution in [3.8, 4) is 0 Å². The second kappa shape index (κ2) is 7.80. The Balaban J connectivity index is 2.66. The zero-order chi connectivity index (χ0) is 16.0. The van der Waals surface area contributed by atoms with E-state index < -0.39 is 10.0 Å². The van der Waals surface area contributed by atoms with Crippen LogP contribution in [0.15, 0.2) is 29.2 Å². The van der Waals surface area contributed by atoms with E-state index in [1.807, 2.05) is 26.0 Å². The lowest BCUT2D eigenvalue weighted by Gasteiger charge is -2.17. The molecule has 0 fully saturated rings. The summed E-state index contributed by atoms with van der Waals surface area (Å²) in [5, 5.41) is 3.40. The van der Waals surface area contributed by atoms with Crippen LogP contribution in [0.1, 0.15) is 47.5 Å². The first-order chi connectivity index (χ1) is 9.70. The minimum Gasteiger partial charge on any atom is -0.383 e. The molecule has 2 N–H and O–H groups in total. The standard InChI is InChI=1S/C16H28N2O2S/c1-12(2)6-7-14(5)17-15-8-10-16(11-9-15)21(19,20)18-13(3)4/h8-14,17-18H,6-7H2,1-5H3. The molecule has 0 heterocycles. The van der Waals surface area contributed by atoms with Gasteiger partial charge in [0.2, 0.25) is 10.0 Å². The van der Waals surface area contributed by atoms with E-state index in [-0.39, 0.29) is 6.04 Å². The lowest BCUT2D eigenvalue weighted by molar-refractivity contribution is 0.527. The first kappa shape index (κ1) is 18.0. The summed E-state index contributed by atoms with van der Waals surface area (Å²) in [4.78, 5) is 0.302. The van der Waals surface area contributed by atoms with Gasteiger partial charge in [0.15, 0.2) is 0 Å². The Morgan fingerprint density at radius 3 is 2.00 bits per heavy atom. The van der Waals surface area contributed by atoms with Gasteiger partial charge >= 0.3 is 0 Å². The third-order valence-electron chi connectivity index (χ3n) is 3.15. The van der Waals surface area contributed by atoms with E-state index >= 15 is 0 Å². The van der Waals surface area contributed by atoms with Crippen molar-refractivity contribution in [3.05, 3.63) is 24.3 Å². The minimum atomic E-state index is -3.40.